The van der Waals surface area contributed by atoms with Crippen LogP contribution in [0.3, 0.4) is 0 Å². The van der Waals surface area contributed by atoms with Crippen LogP contribution in [0.15, 0.2) is 35.6 Å². The predicted molar refractivity (Wildman–Crippen MR) is 132 cm³/mol. The molecule has 0 radical (unpaired) electrons. The number of nitrogens with zero attached hydrogens (tertiary/aromatic N) is 3. The van der Waals surface area contributed by atoms with E-state index < -0.39 is 17.3 Å². The van der Waals surface area contributed by atoms with E-state index in [-0.39, 0.29) is 41.8 Å². The molecule has 0 saturated carbocycles. The van der Waals surface area contributed by atoms with Crippen LogP contribution >= 0.6 is 24.0 Å². The fourth-order valence-corrected chi connectivity index (χ4v) is 3.04. The van der Waals surface area contributed by atoms with Gasteiger partial charge in [-0.05, 0) is 58.2 Å². The van der Waals surface area contributed by atoms with E-state index in [9.17, 15) is 13.2 Å². The zero-order valence-electron chi connectivity index (χ0n) is 19.2. The van der Waals surface area contributed by atoms with Crippen molar-refractivity contribution < 1.29 is 17.9 Å². The molecule has 0 fully saturated rings. The number of ether oxygens (including phenoxy) is 1. The van der Waals surface area contributed by atoms with Gasteiger partial charge in [0.2, 0.25) is 0 Å². The number of aryl methyl sites for hydroxylation is 2. The van der Waals surface area contributed by atoms with Gasteiger partial charge in [0.15, 0.2) is 5.96 Å². The molecule has 0 bridgehead atoms. The van der Waals surface area contributed by atoms with Crippen LogP contribution in [-0.4, -0.2) is 34.7 Å². The molecule has 1 heterocycles. The van der Waals surface area contributed by atoms with E-state index in [1.54, 1.807) is 40.1 Å². The van der Waals surface area contributed by atoms with Gasteiger partial charge < -0.3 is 19.9 Å². The number of benzene rings is 1. The van der Waals surface area contributed by atoms with Crippen molar-refractivity contribution in [3.63, 3.8) is 0 Å². The molecule has 180 valence electrons. The minimum absolute atomic E-state index is 0. The van der Waals surface area contributed by atoms with Crippen LogP contribution in [0.4, 0.5) is 13.2 Å². The first-order valence-corrected chi connectivity index (χ1v) is 10.3. The van der Waals surface area contributed by atoms with E-state index in [1.165, 1.54) is 6.07 Å². The van der Waals surface area contributed by atoms with Crippen LogP contribution in [0.1, 0.15) is 50.6 Å². The van der Waals surface area contributed by atoms with Gasteiger partial charge >= 0.3 is 6.18 Å². The van der Waals surface area contributed by atoms with Gasteiger partial charge in [-0.2, -0.15) is 13.2 Å². The van der Waals surface area contributed by atoms with Crippen LogP contribution in [-0.2, 0) is 19.3 Å². The van der Waals surface area contributed by atoms with Gasteiger partial charge in [0, 0.05) is 39.1 Å². The second kappa shape index (κ2) is 12.3. The van der Waals surface area contributed by atoms with Crippen LogP contribution in [0, 0.1) is 6.92 Å². The summed E-state index contributed by atoms with van der Waals surface area (Å²) >= 11 is 0. The SMILES string of the molecule is CN=C(NCCCCn1ccnc1C)NCc1ccc(OC(C)(C)C)cc1C(F)(F)F.I. The molecule has 2 N–H and O–H groups in total. The quantitative estimate of drug-likeness (QED) is 0.201. The number of guanidine groups is 1. The van der Waals surface area contributed by atoms with E-state index >= 15 is 0 Å². The van der Waals surface area contributed by atoms with Crippen LogP contribution in [0.2, 0.25) is 0 Å². The summed E-state index contributed by atoms with van der Waals surface area (Å²) in [6.07, 6.45) is 1.09. The predicted octanol–water partition coefficient (Wildman–Crippen LogP) is 5.15. The van der Waals surface area contributed by atoms with Gasteiger partial charge in [0.25, 0.3) is 0 Å². The number of alkyl halides is 3. The maximum Gasteiger partial charge on any atom is 0.416 e. The Morgan fingerprint density at radius 3 is 2.44 bits per heavy atom. The molecular weight excluding hydrogens is 534 g/mol. The summed E-state index contributed by atoms with van der Waals surface area (Å²) in [6.45, 7) is 8.88. The van der Waals surface area contributed by atoms with Crippen molar-refractivity contribution in [1.29, 1.82) is 0 Å². The van der Waals surface area contributed by atoms with Crippen molar-refractivity contribution in [3.05, 3.63) is 47.5 Å². The Hall–Kier alpha value is -1.98. The molecule has 0 aliphatic carbocycles. The van der Waals surface area contributed by atoms with Gasteiger partial charge in [-0.15, -0.1) is 24.0 Å². The summed E-state index contributed by atoms with van der Waals surface area (Å²) in [5.74, 6) is 1.63. The molecule has 2 aromatic rings. The Kier molecular flexibility index (Phi) is 10.8. The smallest absolute Gasteiger partial charge is 0.416 e. The lowest BCUT2D eigenvalue weighted by molar-refractivity contribution is -0.138. The summed E-state index contributed by atoms with van der Waals surface area (Å²) in [4.78, 5) is 8.28. The third kappa shape index (κ3) is 9.25. The van der Waals surface area contributed by atoms with Crippen molar-refractivity contribution in [2.24, 2.45) is 4.99 Å². The molecule has 0 aliphatic heterocycles. The Bertz CT molecular complexity index is 875. The topological polar surface area (TPSA) is 63.5 Å². The molecule has 1 aromatic carbocycles. The zero-order chi connectivity index (χ0) is 23.1. The molecule has 0 atom stereocenters. The Morgan fingerprint density at radius 2 is 1.88 bits per heavy atom. The van der Waals surface area contributed by atoms with Crippen LogP contribution in [0.25, 0.3) is 0 Å². The zero-order valence-corrected chi connectivity index (χ0v) is 21.5. The number of nitrogens with one attached hydrogen (secondary N) is 2. The number of hydrogen-bond acceptors (Lipinski definition) is 3. The summed E-state index contributed by atoms with van der Waals surface area (Å²) in [5.41, 5.74) is -1.16. The maximum atomic E-state index is 13.6. The van der Waals surface area contributed by atoms with Crippen LogP contribution in [0.5, 0.6) is 5.75 Å². The minimum Gasteiger partial charge on any atom is -0.488 e. The lowest BCUT2D eigenvalue weighted by atomic mass is 10.1. The number of rotatable bonds is 8. The minimum atomic E-state index is -4.48. The van der Waals surface area contributed by atoms with Crippen molar-refractivity contribution in [2.75, 3.05) is 13.6 Å². The Morgan fingerprint density at radius 1 is 1.16 bits per heavy atom. The van der Waals surface area contributed by atoms with E-state index in [2.05, 4.69) is 25.2 Å². The van der Waals surface area contributed by atoms with Crippen molar-refractivity contribution in [1.82, 2.24) is 20.2 Å². The summed E-state index contributed by atoms with van der Waals surface area (Å²) in [7, 11) is 1.59. The molecule has 6 nitrogen and oxygen atoms in total. The highest BCUT2D eigenvalue weighted by Crippen LogP contribution is 2.35. The number of imidazole rings is 1. The Labute approximate surface area is 205 Å². The second-order valence-electron chi connectivity index (χ2n) is 8.26. The molecule has 1 aromatic heterocycles. The van der Waals surface area contributed by atoms with Gasteiger partial charge in [-0.1, -0.05) is 6.07 Å². The molecule has 32 heavy (non-hydrogen) atoms. The Balaban J connectivity index is 0.00000512. The van der Waals surface area contributed by atoms with Crippen molar-refractivity contribution >= 4 is 29.9 Å². The first-order valence-electron chi connectivity index (χ1n) is 10.3. The van der Waals surface area contributed by atoms with Crippen LogP contribution < -0.4 is 15.4 Å². The molecule has 0 aliphatic rings. The average Bonchev–Trinajstić information content (AvgIpc) is 3.07. The largest absolute Gasteiger partial charge is 0.488 e. The molecule has 10 heteroatoms. The third-order valence-electron chi connectivity index (χ3n) is 4.52. The van der Waals surface area contributed by atoms with Gasteiger partial charge in [0.1, 0.15) is 17.2 Å². The summed E-state index contributed by atoms with van der Waals surface area (Å²) in [6, 6.07) is 4.06. The van der Waals surface area contributed by atoms with E-state index in [0.717, 1.165) is 31.3 Å². The second-order valence-corrected chi connectivity index (χ2v) is 8.26. The molecule has 0 saturated heterocycles. The van der Waals surface area contributed by atoms with E-state index in [0.29, 0.717) is 12.5 Å². The summed E-state index contributed by atoms with van der Waals surface area (Å²) in [5, 5.41) is 6.11. The van der Waals surface area contributed by atoms with E-state index in [4.69, 9.17) is 4.74 Å². The molecule has 0 amide bonds. The van der Waals surface area contributed by atoms with E-state index in [1.807, 2.05) is 13.1 Å². The standard InChI is InChI=1S/C22H32F3N5O.HI/c1-16-27-11-13-30(16)12-7-6-10-28-20(26-5)29-15-17-8-9-18(31-21(2,3)4)14-19(17)22(23,24)25;/h8-9,11,13-14H,6-7,10,12,15H2,1-5H3,(H2,26,28,29);1H. The normalized spacial score (nSPS) is 12.3. The number of hydrogen-bond donors (Lipinski definition) is 2. The average molecular weight is 567 g/mol. The monoisotopic (exact) mass is 567 g/mol. The maximum absolute atomic E-state index is 13.6. The fraction of sp³-hybridized carbons (Fsp3) is 0.545. The van der Waals surface area contributed by atoms with Crippen molar-refractivity contribution in [2.45, 2.75) is 65.4 Å². The van der Waals surface area contributed by atoms with Crippen molar-refractivity contribution in [3.8, 4) is 5.75 Å². The lowest BCUT2D eigenvalue weighted by Gasteiger charge is -2.23. The molecule has 2 rings (SSSR count). The number of unbranched alkanes of at least 4 members (excludes halogenated alkanes) is 1. The number of aromatic nitrogens is 2. The third-order valence-corrected chi connectivity index (χ3v) is 4.52. The highest BCUT2D eigenvalue weighted by molar-refractivity contribution is 14.0. The molecular formula is C22H33F3IN5O. The number of halogens is 4. The highest BCUT2D eigenvalue weighted by Gasteiger charge is 2.34. The fourth-order valence-electron chi connectivity index (χ4n) is 3.04. The van der Waals surface area contributed by atoms with Gasteiger partial charge in [0.05, 0.1) is 5.56 Å². The lowest BCUT2D eigenvalue weighted by Crippen LogP contribution is -2.37. The first-order chi connectivity index (χ1) is 14.5. The summed E-state index contributed by atoms with van der Waals surface area (Å²) < 4.78 is 48.4. The first kappa shape index (κ1) is 28.1. The molecule has 0 spiro atoms. The highest BCUT2D eigenvalue weighted by atomic mass is 127. The number of aliphatic imine (C=N–C) groups is 1. The van der Waals surface area contributed by atoms with Gasteiger partial charge in [-0.3, -0.25) is 4.99 Å². The molecule has 0 unspecified atom stereocenters. The van der Waals surface area contributed by atoms with Gasteiger partial charge in [-0.25, -0.2) is 4.98 Å².